The summed E-state index contributed by atoms with van der Waals surface area (Å²) in [5.74, 6) is 2.14. The largest absolute Gasteiger partial charge is 0.497 e. The van der Waals surface area contributed by atoms with E-state index < -0.39 is 0 Å². The van der Waals surface area contributed by atoms with Gasteiger partial charge in [0.2, 0.25) is 6.79 Å². The van der Waals surface area contributed by atoms with E-state index in [-0.39, 0.29) is 6.79 Å². The first-order valence-electron chi connectivity index (χ1n) is 8.27. The van der Waals surface area contributed by atoms with E-state index in [1.54, 1.807) is 7.11 Å². The molecule has 0 amide bonds. The zero-order valence-corrected chi connectivity index (χ0v) is 16.9. The second-order valence-corrected chi connectivity index (χ2v) is 7.10. The molecule has 0 bridgehead atoms. The highest BCUT2D eigenvalue weighted by molar-refractivity contribution is 14.1. The Hall–Kier alpha value is -2.79. The first-order valence-corrected chi connectivity index (χ1v) is 9.35. The van der Waals surface area contributed by atoms with Gasteiger partial charge in [-0.2, -0.15) is 5.26 Å². The van der Waals surface area contributed by atoms with E-state index in [0.29, 0.717) is 22.8 Å². The molecule has 2 heterocycles. The molecule has 134 valence electrons. The zero-order chi connectivity index (χ0) is 19.0. The van der Waals surface area contributed by atoms with Gasteiger partial charge in [0.15, 0.2) is 11.5 Å². The van der Waals surface area contributed by atoms with Gasteiger partial charge in [-0.1, -0.05) is 12.1 Å². The molecule has 6 heteroatoms. The lowest BCUT2D eigenvalue weighted by Gasteiger charge is -2.15. The van der Waals surface area contributed by atoms with Crippen LogP contribution in [0.1, 0.15) is 11.3 Å². The van der Waals surface area contributed by atoms with Gasteiger partial charge in [0.05, 0.1) is 24.1 Å². The molecule has 1 aliphatic rings. The summed E-state index contributed by atoms with van der Waals surface area (Å²) >= 11 is 2.25. The van der Waals surface area contributed by atoms with E-state index in [1.807, 2.05) is 49.4 Å². The number of halogens is 1. The number of nitrogens with zero attached hydrogens (tertiary/aromatic N) is 2. The highest BCUT2D eigenvalue weighted by Crippen LogP contribution is 2.40. The van der Waals surface area contributed by atoms with Gasteiger partial charge in [-0.05, 0) is 65.4 Å². The molecule has 5 nitrogen and oxygen atoms in total. The van der Waals surface area contributed by atoms with Crippen molar-refractivity contribution in [2.24, 2.45) is 0 Å². The van der Waals surface area contributed by atoms with E-state index in [0.717, 1.165) is 31.7 Å². The Balaban J connectivity index is 1.93. The average molecular weight is 470 g/mol. The minimum atomic E-state index is 0.208. The summed E-state index contributed by atoms with van der Waals surface area (Å²) in [7, 11) is 1.63. The number of hydrogen-bond acceptors (Lipinski definition) is 5. The molecule has 4 rings (SSSR count). The van der Waals surface area contributed by atoms with E-state index in [9.17, 15) is 5.26 Å². The Morgan fingerprint density at radius 2 is 1.78 bits per heavy atom. The highest BCUT2D eigenvalue weighted by atomic mass is 127. The fourth-order valence-electron chi connectivity index (χ4n) is 3.07. The lowest BCUT2D eigenvalue weighted by atomic mass is 9.95. The summed E-state index contributed by atoms with van der Waals surface area (Å²) < 4.78 is 17.1. The molecule has 0 saturated heterocycles. The van der Waals surface area contributed by atoms with Crippen molar-refractivity contribution in [1.29, 1.82) is 5.26 Å². The number of pyridine rings is 1. The fraction of sp³-hybridized carbons (Fsp3) is 0.143. The van der Waals surface area contributed by atoms with Crippen LogP contribution in [0.2, 0.25) is 0 Å². The molecule has 27 heavy (non-hydrogen) atoms. The third-order valence-corrected chi connectivity index (χ3v) is 5.76. The Morgan fingerprint density at radius 1 is 1.07 bits per heavy atom. The first kappa shape index (κ1) is 17.6. The summed E-state index contributed by atoms with van der Waals surface area (Å²) in [6, 6.07) is 15.7. The molecule has 0 fully saturated rings. The summed E-state index contributed by atoms with van der Waals surface area (Å²) in [4.78, 5) is 4.71. The second-order valence-electron chi connectivity index (χ2n) is 6.02. The van der Waals surface area contributed by atoms with Gasteiger partial charge in [0.1, 0.15) is 11.8 Å². The standard InChI is InChI=1S/C21H15IN2O3/c1-12-20(22)19(13-3-6-15(25-2)7-4-13)16(10-23)21(24-12)14-5-8-17-18(9-14)27-11-26-17/h3-9H,11H2,1-2H3. The lowest BCUT2D eigenvalue weighted by molar-refractivity contribution is 0.174. The van der Waals surface area contributed by atoms with Crippen LogP contribution in [0.5, 0.6) is 17.2 Å². The molecule has 0 unspecified atom stereocenters. The summed E-state index contributed by atoms with van der Waals surface area (Å²) in [5, 5.41) is 9.96. The second kappa shape index (κ2) is 7.08. The van der Waals surface area contributed by atoms with Gasteiger partial charge in [-0.25, -0.2) is 0 Å². The number of rotatable bonds is 3. The van der Waals surface area contributed by atoms with Gasteiger partial charge in [0.25, 0.3) is 0 Å². The van der Waals surface area contributed by atoms with E-state index in [1.165, 1.54) is 0 Å². The Bertz CT molecular complexity index is 1070. The van der Waals surface area contributed by atoms with Crippen LogP contribution >= 0.6 is 22.6 Å². The predicted molar refractivity (Wildman–Crippen MR) is 110 cm³/mol. The molecule has 3 aromatic rings. The number of methoxy groups -OCH3 is 1. The third kappa shape index (κ3) is 3.08. The van der Waals surface area contributed by atoms with Crippen molar-refractivity contribution < 1.29 is 14.2 Å². The van der Waals surface area contributed by atoms with Crippen molar-refractivity contribution in [3.63, 3.8) is 0 Å². The number of fused-ring (bicyclic) bond motifs is 1. The molecular formula is C21H15IN2O3. The van der Waals surface area contributed by atoms with Crippen molar-refractivity contribution >= 4 is 22.6 Å². The van der Waals surface area contributed by atoms with Gasteiger partial charge in [0, 0.05) is 14.7 Å². The van der Waals surface area contributed by atoms with E-state index in [4.69, 9.17) is 19.2 Å². The van der Waals surface area contributed by atoms with Crippen LogP contribution in [0, 0.1) is 21.8 Å². The minimum absolute atomic E-state index is 0.208. The number of hydrogen-bond donors (Lipinski definition) is 0. The maximum absolute atomic E-state index is 9.96. The lowest BCUT2D eigenvalue weighted by Crippen LogP contribution is -2.01. The van der Waals surface area contributed by atoms with Gasteiger partial charge < -0.3 is 14.2 Å². The SMILES string of the molecule is COc1ccc(-c2c(I)c(C)nc(-c3ccc4c(c3)OCO4)c2C#N)cc1. The van der Waals surface area contributed by atoms with Crippen LogP contribution in [0.15, 0.2) is 42.5 Å². The Kier molecular flexibility index (Phi) is 4.62. The van der Waals surface area contributed by atoms with Crippen molar-refractivity contribution in [3.8, 4) is 45.7 Å². The van der Waals surface area contributed by atoms with Gasteiger partial charge in [-0.3, -0.25) is 4.98 Å². The zero-order valence-electron chi connectivity index (χ0n) is 14.7. The third-order valence-electron chi connectivity index (χ3n) is 4.44. The monoisotopic (exact) mass is 470 g/mol. The molecule has 0 spiro atoms. The molecule has 1 aromatic heterocycles. The maximum Gasteiger partial charge on any atom is 0.231 e. The highest BCUT2D eigenvalue weighted by Gasteiger charge is 2.21. The molecule has 0 N–H and O–H groups in total. The average Bonchev–Trinajstić information content (AvgIpc) is 3.17. The number of aromatic nitrogens is 1. The molecule has 0 saturated carbocycles. The quantitative estimate of drug-likeness (QED) is 0.508. The van der Waals surface area contributed by atoms with Crippen LogP contribution in [-0.4, -0.2) is 18.9 Å². The van der Waals surface area contributed by atoms with Crippen molar-refractivity contribution in [2.45, 2.75) is 6.92 Å². The van der Waals surface area contributed by atoms with Crippen LogP contribution in [0.4, 0.5) is 0 Å². The van der Waals surface area contributed by atoms with Gasteiger partial charge in [-0.15, -0.1) is 0 Å². The first-order chi connectivity index (χ1) is 13.1. The smallest absolute Gasteiger partial charge is 0.231 e. The molecular weight excluding hydrogens is 455 g/mol. The summed E-state index contributed by atoms with van der Waals surface area (Å²) in [5.41, 5.74) is 4.69. The van der Waals surface area contributed by atoms with Crippen LogP contribution in [0.25, 0.3) is 22.4 Å². The molecule has 2 aromatic carbocycles. The van der Waals surface area contributed by atoms with Crippen molar-refractivity contribution in [1.82, 2.24) is 4.98 Å². The summed E-state index contributed by atoms with van der Waals surface area (Å²) in [6.45, 7) is 2.16. The molecule has 0 atom stereocenters. The summed E-state index contributed by atoms with van der Waals surface area (Å²) in [6.07, 6.45) is 0. The molecule has 0 radical (unpaired) electrons. The number of ether oxygens (including phenoxy) is 3. The van der Waals surface area contributed by atoms with Gasteiger partial charge >= 0.3 is 0 Å². The van der Waals surface area contributed by atoms with Crippen LogP contribution in [0.3, 0.4) is 0 Å². The Labute approximate surface area is 170 Å². The van der Waals surface area contributed by atoms with Crippen molar-refractivity contribution in [3.05, 3.63) is 57.3 Å². The van der Waals surface area contributed by atoms with Crippen molar-refractivity contribution in [2.75, 3.05) is 13.9 Å². The topological polar surface area (TPSA) is 64.4 Å². The maximum atomic E-state index is 9.96. The number of nitriles is 1. The van der Waals surface area contributed by atoms with E-state index >= 15 is 0 Å². The minimum Gasteiger partial charge on any atom is -0.497 e. The normalized spacial score (nSPS) is 11.9. The number of aryl methyl sites for hydroxylation is 1. The predicted octanol–water partition coefficient (Wildman–Crippen LogP) is 4.94. The number of benzene rings is 2. The van der Waals surface area contributed by atoms with Crippen LogP contribution < -0.4 is 14.2 Å². The Morgan fingerprint density at radius 3 is 2.48 bits per heavy atom. The fourth-order valence-corrected chi connectivity index (χ4v) is 3.77. The molecule has 1 aliphatic heterocycles. The van der Waals surface area contributed by atoms with E-state index in [2.05, 4.69) is 28.7 Å². The molecule has 0 aliphatic carbocycles. The van der Waals surface area contributed by atoms with Crippen LogP contribution in [-0.2, 0) is 0 Å².